The van der Waals surface area contributed by atoms with E-state index in [0.717, 1.165) is 38.4 Å². The maximum Gasteiger partial charge on any atom is 0.196 e. The van der Waals surface area contributed by atoms with Crippen LogP contribution < -0.4 is 19.9 Å². The van der Waals surface area contributed by atoms with Crippen LogP contribution in [0.2, 0.25) is 0 Å². The minimum absolute atomic E-state index is 0.133. The maximum absolute atomic E-state index is 13.1. The Morgan fingerprint density at radius 1 is 1.07 bits per heavy atom. The normalized spacial score (nSPS) is 15.7. The lowest BCUT2D eigenvalue weighted by Crippen LogP contribution is -2.38. The number of nitrogens with two attached hydrogens (primary N) is 1. The van der Waals surface area contributed by atoms with Crippen LogP contribution in [0, 0.1) is 0 Å². The molecule has 2 aromatic carbocycles. The lowest BCUT2D eigenvalue weighted by Gasteiger charge is -2.26. The molecule has 0 atom stereocenters. The minimum Gasteiger partial charge on any atom is -0.494 e. The average Bonchev–Trinajstić information content (AvgIpc) is 3.05. The van der Waals surface area contributed by atoms with Crippen LogP contribution in [0.25, 0.3) is 11.1 Å². The lowest BCUT2D eigenvalue weighted by atomic mass is 10.0. The van der Waals surface area contributed by atoms with Gasteiger partial charge in [0, 0.05) is 42.4 Å². The fourth-order valence-electron chi connectivity index (χ4n) is 3.91. The van der Waals surface area contributed by atoms with Gasteiger partial charge in [-0.05, 0) is 13.0 Å². The van der Waals surface area contributed by atoms with Gasteiger partial charge in [0.05, 0.1) is 38.2 Å². The molecule has 0 amide bonds. The predicted octanol–water partition coefficient (Wildman–Crippen LogP) is 2.60. The first-order valence-electron chi connectivity index (χ1n) is 9.90. The summed E-state index contributed by atoms with van der Waals surface area (Å²) in [6.07, 6.45) is 0. The van der Waals surface area contributed by atoms with Crippen molar-refractivity contribution in [2.75, 3.05) is 58.9 Å². The summed E-state index contributed by atoms with van der Waals surface area (Å²) in [5.41, 5.74) is 9.02. The monoisotopic (exact) mass is 398 g/mol. The highest BCUT2D eigenvalue weighted by molar-refractivity contribution is 6.26. The van der Waals surface area contributed by atoms with Crippen molar-refractivity contribution >= 4 is 11.5 Å². The molecule has 0 aromatic heterocycles. The minimum atomic E-state index is -0.133. The van der Waals surface area contributed by atoms with E-state index in [4.69, 9.17) is 24.7 Å². The zero-order chi connectivity index (χ0) is 20.4. The van der Waals surface area contributed by atoms with Crippen LogP contribution in [0.3, 0.4) is 0 Å². The van der Waals surface area contributed by atoms with E-state index in [-0.39, 0.29) is 5.78 Å². The standard InChI is InChI=1S/C22H26N2O5/c1-3-28-16-13-17(26-2)21(23)20-19(16)18-14(22(20)25)5-4-6-15(18)29-12-9-24-7-10-27-11-8-24/h4-6,13H,3,7-12,23H2,1-2H3. The highest BCUT2D eigenvalue weighted by Gasteiger charge is 2.36. The highest BCUT2D eigenvalue weighted by atomic mass is 16.5. The Hall–Kier alpha value is -2.77. The van der Waals surface area contributed by atoms with Crippen molar-refractivity contribution in [2.24, 2.45) is 0 Å². The highest BCUT2D eigenvalue weighted by Crippen LogP contribution is 2.51. The summed E-state index contributed by atoms with van der Waals surface area (Å²) < 4.78 is 22.7. The van der Waals surface area contributed by atoms with Gasteiger partial charge in [-0.15, -0.1) is 0 Å². The number of nitrogens with zero attached hydrogens (tertiary/aromatic N) is 1. The summed E-state index contributed by atoms with van der Waals surface area (Å²) in [5.74, 6) is 1.53. The fourth-order valence-corrected chi connectivity index (χ4v) is 3.91. The van der Waals surface area contributed by atoms with Crippen LogP contribution in [0.15, 0.2) is 24.3 Å². The van der Waals surface area contributed by atoms with Crippen LogP contribution in [0.4, 0.5) is 5.69 Å². The Balaban J connectivity index is 1.69. The van der Waals surface area contributed by atoms with Crippen molar-refractivity contribution in [3.63, 3.8) is 0 Å². The fraction of sp³-hybridized carbons (Fsp3) is 0.409. The molecule has 1 aliphatic heterocycles. The molecule has 2 aromatic rings. The number of anilines is 1. The number of hydrogen-bond acceptors (Lipinski definition) is 7. The smallest absolute Gasteiger partial charge is 0.196 e. The molecule has 7 nitrogen and oxygen atoms in total. The van der Waals surface area contributed by atoms with Gasteiger partial charge in [-0.25, -0.2) is 0 Å². The molecule has 1 heterocycles. The van der Waals surface area contributed by atoms with E-state index < -0.39 is 0 Å². The van der Waals surface area contributed by atoms with Gasteiger partial charge in [0.15, 0.2) is 5.78 Å². The summed E-state index contributed by atoms with van der Waals surface area (Å²) >= 11 is 0. The first kappa shape index (κ1) is 19.5. The number of morpholine rings is 1. The number of benzene rings is 2. The molecule has 2 N–H and O–H groups in total. The molecule has 2 aliphatic rings. The van der Waals surface area contributed by atoms with Crippen LogP contribution in [0.5, 0.6) is 17.2 Å². The van der Waals surface area contributed by atoms with Gasteiger partial charge in [-0.2, -0.15) is 0 Å². The lowest BCUT2D eigenvalue weighted by molar-refractivity contribution is 0.0323. The Morgan fingerprint density at radius 3 is 2.59 bits per heavy atom. The topological polar surface area (TPSA) is 83.2 Å². The number of ketones is 1. The van der Waals surface area contributed by atoms with E-state index >= 15 is 0 Å². The first-order valence-corrected chi connectivity index (χ1v) is 9.90. The molecule has 0 radical (unpaired) electrons. The number of methoxy groups -OCH3 is 1. The molecule has 1 aliphatic carbocycles. The second-order valence-electron chi connectivity index (χ2n) is 6.98. The Labute approximate surface area is 170 Å². The number of carbonyl (C=O) groups excluding carboxylic acids is 1. The molecule has 1 saturated heterocycles. The van der Waals surface area contributed by atoms with Gasteiger partial charge in [0.25, 0.3) is 0 Å². The van der Waals surface area contributed by atoms with Crippen molar-refractivity contribution in [1.29, 1.82) is 0 Å². The molecule has 0 bridgehead atoms. The number of hydrogen-bond donors (Lipinski definition) is 1. The van der Waals surface area contributed by atoms with Crippen molar-refractivity contribution in [3.05, 3.63) is 35.4 Å². The molecule has 0 spiro atoms. The number of fused-ring (bicyclic) bond motifs is 3. The van der Waals surface area contributed by atoms with E-state index in [2.05, 4.69) is 4.90 Å². The zero-order valence-electron chi connectivity index (χ0n) is 16.8. The van der Waals surface area contributed by atoms with Crippen molar-refractivity contribution in [3.8, 4) is 28.4 Å². The largest absolute Gasteiger partial charge is 0.494 e. The Kier molecular flexibility index (Phi) is 5.60. The quantitative estimate of drug-likeness (QED) is 0.613. The number of carbonyl (C=O) groups is 1. The molecule has 0 unspecified atom stereocenters. The summed E-state index contributed by atoms with van der Waals surface area (Å²) in [5, 5.41) is 0. The zero-order valence-corrected chi connectivity index (χ0v) is 16.8. The van der Waals surface area contributed by atoms with E-state index in [1.54, 1.807) is 12.1 Å². The summed E-state index contributed by atoms with van der Waals surface area (Å²) in [4.78, 5) is 15.4. The molecule has 7 heteroatoms. The van der Waals surface area contributed by atoms with Gasteiger partial charge in [0.1, 0.15) is 23.9 Å². The van der Waals surface area contributed by atoms with Gasteiger partial charge in [-0.1, -0.05) is 12.1 Å². The maximum atomic E-state index is 13.1. The van der Waals surface area contributed by atoms with E-state index in [0.29, 0.717) is 52.8 Å². The molecular formula is C22H26N2O5. The summed E-state index contributed by atoms with van der Waals surface area (Å²) in [6, 6.07) is 7.26. The van der Waals surface area contributed by atoms with Gasteiger partial charge in [0.2, 0.25) is 0 Å². The first-order chi connectivity index (χ1) is 14.2. The number of ether oxygens (including phenoxy) is 4. The second-order valence-corrected chi connectivity index (χ2v) is 6.98. The third kappa shape index (κ3) is 3.52. The van der Waals surface area contributed by atoms with E-state index in [1.165, 1.54) is 7.11 Å². The summed E-state index contributed by atoms with van der Waals surface area (Å²) in [6.45, 7) is 7.00. The molecule has 0 saturated carbocycles. The molecule has 4 rings (SSSR count). The number of rotatable bonds is 7. The van der Waals surface area contributed by atoms with Crippen LogP contribution in [-0.4, -0.2) is 63.9 Å². The van der Waals surface area contributed by atoms with Crippen molar-refractivity contribution in [1.82, 2.24) is 4.90 Å². The Morgan fingerprint density at radius 2 is 1.86 bits per heavy atom. The predicted molar refractivity (Wildman–Crippen MR) is 110 cm³/mol. The van der Waals surface area contributed by atoms with Gasteiger partial charge in [-0.3, -0.25) is 9.69 Å². The number of nitrogen functional groups attached to an aromatic ring is 1. The summed E-state index contributed by atoms with van der Waals surface area (Å²) in [7, 11) is 1.53. The average molecular weight is 398 g/mol. The third-order valence-electron chi connectivity index (χ3n) is 5.33. The second kappa shape index (κ2) is 8.31. The van der Waals surface area contributed by atoms with Crippen LogP contribution >= 0.6 is 0 Å². The molecule has 154 valence electrons. The van der Waals surface area contributed by atoms with Gasteiger partial charge >= 0.3 is 0 Å². The van der Waals surface area contributed by atoms with Gasteiger partial charge < -0.3 is 24.7 Å². The molecular weight excluding hydrogens is 372 g/mol. The SMILES string of the molecule is CCOc1cc(OC)c(N)c2c1-c1c(OCCN3CCOCC3)cccc1C2=O. The van der Waals surface area contributed by atoms with Crippen molar-refractivity contribution in [2.45, 2.75) is 6.92 Å². The van der Waals surface area contributed by atoms with E-state index in [9.17, 15) is 4.79 Å². The van der Waals surface area contributed by atoms with Crippen LogP contribution in [0.1, 0.15) is 22.8 Å². The van der Waals surface area contributed by atoms with E-state index in [1.807, 2.05) is 19.1 Å². The third-order valence-corrected chi connectivity index (χ3v) is 5.33. The molecule has 29 heavy (non-hydrogen) atoms. The van der Waals surface area contributed by atoms with Crippen molar-refractivity contribution < 1.29 is 23.7 Å². The van der Waals surface area contributed by atoms with Crippen LogP contribution in [-0.2, 0) is 4.74 Å². The molecule has 1 fully saturated rings. The Bertz CT molecular complexity index is 922.